The van der Waals surface area contributed by atoms with Gasteiger partial charge >= 0.3 is 0 Å². The predicted molar refractivity (Wildman–Crippen MR) is 83.6 cm³/mol. The van der Waals surface area contributed by atoms with Crippen molar-refractivity contribution >= 4 is 29.2 Å². The fourth-order valence-corrected chi connectivity index (χ4v) is 2.39. The Morgan fingerprint density at radius 3 is 2.87 bits per heavy atom. The van der Waals surface area contributed by atoms with Gasteiger partial charge in [0, 0.05) is 11.1 Å². The Hall–Kier alpha value is -2.98. The SMILES string of the molecule is N#C[C@H](NC(=O)c1ccc2[nH]c(=S)oc2c1)c1ccccc1F. The average Bonchev–Trinajstić information content (AvgIpc) is 2.92. The zero-order valence-electron chi connectivity index (χ0n) is 11.7. The molecule has 0 aliphatic heterocycles. The molecule has 0 bridgehead atoms. The van der Waals surface area contributed by atoms with Crippen LogP contribution < -0.4 is 5.32 Å². The van der Waals surface area contributed by atoms with Crippen molar-refractivity contribution in [3.05, 3.63) is 64.2 Å². The van der Waals surface area contributed by atoms with Gasteiger partial charge in [-0.1, -0.05) is 18.2 Å². The van der Waals surface area contributed by atoms with Crippen LogP contribution in [0.5, 0.6) is 0 Å². The summed E-state index contributed by atoms with van der Waals surface area (Å²) in [5.41, 5.74) is 1.50. The number of rotatable bonds is 3. The van der Waals surface area contributed by atoms with E-state index < -0.39 is 17.8 Å². The highest BCUT2D eigenvalue weighted by Gasteiger charge is 2.18. The minimum absolute atomic E-state index is 0.114. The molecule has 5 nitrogen and oxygen atoms in total. The third-order valence-corrected chi connectivity index (χ3v) is 3.49. The van der Waals surface area contributed by atoms with Crippen molar-refractivity contribution in [3.8, 4) is 6.07 Å². The molecule has 23 heavy (non-hydrogen) atoms. The number of halogens is 1. The number of H-pyrrole nitrogens is 1. The lowest BCUT2D eigenvalue weighted by Gasteiger charge is -2.12. The molecule has 2 aromatic carbocycles. The van der Waals surface area contributed by atoms with E-state index in [1.54, 1.807) is 18.2 Å². The third-order valence-electron chi connectivity index (χ3n) is 3.30. The molecule has 1 heterocycles. The van der Waals surface area contributed by atoms with Crippen molar-refractivity contribution in [2.24, 2.45) is 0 Å². The molecule has 0 aliphatic rings. The Balaban J connectivity index is 1.88. The number of carbonyl (C=O) groups excluding carboxylic acids is 1. The van der Waals surface area contributed by atoms with Crippen molar-refractivity contribution in [2.75, 3.05) is 0 Å². The van der Waals surface area contributed by atoms with Gasteiger partial charge in [0.15, 0.2) is 5.58 Å². The maximum absolute atomic E-state index is 13.8. The predicted octanol–water partition coefficient (Wildman–Crippen LogP) is 3.62. The van der Waals surface area contributed by atoms with Crippen LogP contribution in [0.15, 0.2) is 46.9 Å². The van der Waals surface area contributed by atoms with E-state index in [0.29, 0.717) is 11.1 Å². The van der Waals surface area contributed by atoms with Gasteiger partial charge in [-0.2, -0.15) is 5.26 Å². The summed E-state index contributed by atoms with van der Waals surface area (Å²) >= 11 is 4.88. The standard InChI is InChI=1S/C16H10FN3O2S/c17-11-4-2-1-3-10(11)13(8-18)19-15(21)9-5-6-12-14(7-9)22-16(23)20-12/h1-7,13H,(H,19,21)(H,20,23)/t13-/m0/s1. The van der Waals surface area contributed by atoms with Crippen LogP contribution in [0, 0.1) is 22.0 Å². The highest BCUT2D eigenvalue weighted by Crippen LogP contribution is 2.19. The van der Waals surface area contributed by atoms with Crippen molar-refractivity contribution in [3.63, 3.8) is 0 Å². The Bertz CT molecular complexity index is 987. The molecule has 7 heteroatoms. The van der Waals surface area contributed by atoms with Crippen LogP contribution >= 0.6 is 12.2 Å². The molecule has 0 spiro atoms. The second-order valence-electron chi connectivity index (χ2n) is 4.78. The van der Waals surface area contributed by atoms with Crippen molar-refractivity contribution in [1.29, 1.82) is 5.26 Å². The lowest BCUT2D eigenvalue weighted by Crippen LogP contribution is -2.28. The summed E-state index contributed by atoms with van der Waals surface area (Å²) in [6.45, 7) is 0. The van der Waals surface area contributed by atoms with E-state index in [4.69, 9.17) is 16.6 Å². The number of aromatic nitrogens is 1. The van der Waals surface area contributed by atoms with Gasteiger partial charge in [0.2, 0.25) is 0 Å². The Labute approximate surface area is 135 Å². The maximum atomic E-state index is 13.8. The molecule has 3 rings (SSSR count). The van der Waals surface area contributed by atoms with E-state index in [2.05, 4.69) is 10.3 Å². The summed E-state index contributed by atoms with van der Waals surface area (Å²) in [6.07, 6.45) is 0. The number of nitrogens with zero attached hydrogens (tertiary/aromatic N) is 1. The van der Waals surface area contributed by atoms with Gasteiger partial charge in [-0.3, -0.25) is 4.79 Å². The van der Waals surface area contributed by atoms with Gasteiger partial charge in [-0.05, 0) is 36.5 Å². The molecule has 1 amide bonds. The number of nitrogens with one attached hydrogen (secondary N) is 2. The van der Waals surface area contributed by atoms with Gasteiger partial charge in [0.05, 0.1) is 11.6 Å². The lowest BCUT2D eigenvalue weighted by molar-refractivity contribution is 0.0944. The number of aromatic amines is 1. The molecule has 1 atom stereocenters. The van der Waals surface area contributed by atoms with E-state index >= 15 is 0 Å². The van der Waals surface area contributed by atoms with Gasteiger partial charge < -0.3 is 14.7 Å². The highest BCUT2D eigenvalue weighted by molar-refractivity contribution is 7.71. The number of hydrogen-bond donors (Lipinski definition) is 2. The minimum Gasteiger partial charge on any atom is -0.429 e. The normalized spacial score (nSPS) is 11.8. The minimum atomic E-state index is -1.09. The van der Waals surface area contributed by atoms with E-state index in [9.17, 15) is 14.4 Å². The molecule has 114 valence electrons. The van der Waals surface area contributed by atoms with Crippen LogP contribution in [-0.2, 0) is 0 Å². The van der Waals surface area contributed by atoms with Crippen LogP contribution in [0.2, 0.25) is 0 Å². The molecule has 2 N–H and O–H groups in total. The molecule has 0 aliphatic carbocycles. The monoisotopic (exact) mass is 327 g/mol. The summed E-state index contributed by atoms with van der Waals surface area (Å²) in [6, 6.07) is 11.3. The molecular formula is C16H10FN3O2S. The van der Waals surface area contributed by atoms with Crippen molar-refractivity contribution < 1.29 is 13.6 Å². The first-order valence-electron chi connectivity index (χ1n) is 6.66. The topological polar surface area (TPSA) is 81.8 Å². The van der Waals surface area contributed by atoms with Crippen LogP contribution in [0.3, 0.4) is 0 Å². The zero-order chi connectivity index (χ0) is 16.4. The second-order valence-corrected chi connectivity index (χ2v) is 5.15. The fourth-order valence-electron chi connectivity index (χ4n) is 2.19. The first-order chi connectivity index (χ1) is 11.1. The molecule has 0 saturated heterocycles. The third kappa shape index (κ3) is 2.98. The first-order valence-corrected chi connectivity index (χ1v) is 7.07. The molecule has 1 aromatic heterocycles. The Kier molecular flexibility index (Phi) is 3.91. The maximum Gasteiger partial charge on any atom is 0.266 e. The average molecular weight is 327 g/mol. The second kappa shape index (κ2) is 6.02. The lowest BCUT2D eigenvalue weighted by atomic mass is 10.1. The van der Waals surface area contributed by atoms with E-state index in [1.165, 1.54) is 24.3 Å². The molecule has 3 aromatic rings. The number of hydrogen-bond acceptors (Lipinski definition) is 4. The molecule has 0 saturated carbocycles. The number of oxazole rings is 1. The first kappa shape index (κ1) is 14.9. The van der Waals surface area contributed by atoms with Crippen molar-refractivity contribution in [1.82, 2.24) is 10.3 Å². The Morgan fingerprint density at radius 2 is 2.13 bits per heavy atom. The summed E-state index contributed by atoms with van der Waals surface area (Å²) in [4.78, 5) is 15.3. The zero-order valence-corrected chi connectivity index (χ0v) is 12.5. The number of nitriles is 1. The number of amides is 1. The van der Waals surface area contributed by atoms with E-state index in [-0.39, 0.29) is 16.0 Å². The van der Waals surface area contributed by atoms with Gasteiger partial charge in [0.25, 0.3) is 10.7 Å². The fraction of sp³-hybridized carbons (Fsp3) is 0.0625. The summed E-state index contributed by atoms with van der Waals surface area (Å²) < 4.78 is 19.0. The highest BCUT2D eigenvalue weighted by atomic mass is 32.1. The van der Waals surface area contributed by atoms with Crippen LogP contribution in [0.4, 0.5) is 4.39 Å². The molecule has 0 unspecified atom stereocenters. The number of carbonyl (C=O) groups is 1. The smallest absolute Gasteiger partial charge is 0.266 e. The van der Waals surface area contributed by atoms with E-state index in [1.807, 2.05) is 6.07 Å². The molecular weight excluding hydrogens is 317 g/mol. The van der Waals surface area contributed by atoms with E-state index in [0.717, 1.165) is 0 Å². The molecule has 0 radical (unpaired) electrons. The summed E-state index contributed by atoms with van der Waals surface area (Å²) in [5.74, 6) is -1.06. The summed E-state index contributed by atoms with van der Waals surface area (Å²) in [5, 5.41) is 11.7. The van der Waals surface area contributed by atoms with Gasteiger partial charge in [-0.15, -0.1) is 0 Å². The Morgan fingerprint density at radius 1 is 1.35 bits per heavy atom. The molecule has 0 fully saturated rings. The largest absolute Gasteiger partial charge is 0.429 e. The van der Waals surface area contributed by atoms with Crippen LogP contribution in [-0.4, -0.2) is 10.9 Å². The van der Waals surface area contributed by atoms with Gasteiger partial charge in [-0.25, -0.2) is 4.39 Å². The van der Waals surface area contributed by atoms with Crippen molar-refractivity contribution in [2.45, 2.75) is 6.04 Å². The van der Waals surface area contributed by atoms with Crippen LogP contribution in [0.25, 0.3) is 11.1 Å². The number of benzene rings is 2. The van der Waals surface area contributed by atoms with Crippen LogP contribution in [0.1, 0.15) is 22.0 Å². The quantitative estimate of drug-likeness (QED) is 0.720. The summed E-state index contributed by atoms with van der Waals surface area (Å²) in [7, 11) is 0. The van der Waals surface area contributed by atoms with Gasteiger partial charge in [0.1, 0.15) is 11.9 Å². The number of fused-ring (bicyclic) bond motifs is 1.